The van der Waals surface area contributed by atoms with Crippen molar-refractivity contribution in [2.45, 2.75) is 24.8 Å². The van der Waals surface area contributed by atoms with Crippen molar-refractivity contribution in [1.82, 2.24) is 0 Å². The Balaban J connectivity index is 1.31. The van der Waals surface area contributed by atoms with Gasteiger partial charge in [0.25, 0.3) is 0 Å². The van der Waals surface area contributed by atoms with Crippen LogP contribution in [0.25, 0.3) is 11.1 Å². The Morgan fingerprint density at radius 3 is 2.21 bits per heavy atom. The molecule has 1 heterocycles. The summed E-state index contributed by atoms with van der Waals surface area (Å²) in [4.78, 5) is 13.0. The van der Waals surface area contributed by atoms with Gasteiger partial charge in [-0.15, -0.1) is 0 Å². The molecular formula is C24H22N2O3. The molecule has 0 unspecified atom stereocenters. The smallest absolute Gasteiger partial charge is 0.235 e. The monoisotopic (exact) mass is 386 g/mol. The van der Waals surface area contributed by atoms with Crippen molar-refractivity contribution >= 4 is 11.6 Å². The van der Waals surface area contributed by atoms with Gasteiger partial charge in [0.1, 0.15) is 0 Å². The fraction of sp³-hybridized carbons (Fsp3) is 0.208. The highest BCUT2D eigenvalue weighted by atomic mass is 16.7. The largest absolute Gasteiger partial charge is 0.454 e. The predicted molar refractivity (Wildman–Crippen MR) is 112 cm³/mol. The summed E-state index contributed by atoms with van der Waals surface area (Å²) in [6, 6.07) is 21.9. The lowest BCUT2D eigenvalue weighted by atomic mass is 9.94. The molecule has 0 aromatic heterocycles. The number of carbonyl (C=O) groups is 1. The predicted octanol–water partition coefficient (Wildman–Crippen LogP) is 4.21. The van der Waals surface area contributed by atoms with Crippen molar-refractivity contribution in [2.24, 2.45) is 5.73 Å². The summed E-state index contributed by atoms with van der Waals surface area (Å²) in [6.45, 7) is 0.773. The Hall–Kier alpha value is -3.31. The minimum absolute atomic E-state index is 0.0245. The van der Waals surface area contributed by atoms with Crippen molar-refractivity contribution in [3.05, 3.63) is 77.9 Å². The van der Waals surface area contributed by atoms with E-state index in [1.54, 1.807) is 0 Å². The zero-order chi connectivity index (χ0) is 19.8. The van der Waals surface area contributed by atoms with E-state index in [-0.39, 0.29) is 12.7 Å². The number of carbonyl (C=O) groups excluding carboxylic acids is 1. The first-order chi connectivity index (χ1) is 14.2. The van der Waals surface area contributed by atoms with Gasteiger partial charge >= 0.3 is 0 Å². The van der Waals surface area contributed by atoms with E-state index in [0.717, 1.165) is 46.5 Å². The Kier molecular flexibility index (Phi) is 4.25. The number of nitrogens with two attached hydrogens (primary N) is 1. The normalized spacial score (nSPS) is 15.8. The van der Waals surface area contributed by atoms with E-state index in [1.165, 1.54) is 0 Å². The van der Waals surface area contributed by atoms with E-state index < -0.39 is 5.41 Å². The quantitative estimate of drug-likeness (QED) is 0.689. The number of hydrogen-bond donors (Lipinski definition) is 2. The number of rotatable bonds is 5. The summed E-state index contributed by atoms with van der Waals surface area (Å²) < 4.78 is 10.8. The number of benzene rings is 3. The minimum Gasteiger partial charge on any atom is -0.454 e. The third-order valence-electron chi connectivity index (χ3n) is 5.78. The van der Waals surface area contributed by atoms with Gasteiger partial charge < -0.3 is 20.5 Å². The summed E-state index contributed by atoms with van der Waals surface area (Å²) in [6.07, 6.45) is 1.67. The number of hydrogen-bond acceptors (Lipinski definition) is 4. The van der Waals surface area contributed by atoms with Crippen LogP contribution >= 0.6 is 0 Å². The lowest BCUT2D eigenvalue weighted by molar-refractivity contribution is -0.118. The Bertz CT molecular complexity index is 1050. The maximum atomic E-state index is 13.0. The topological polar surface area (TPSA) is 73.6 Å². The van der Waals surface area contributed by atoms with Crippen LogP contribution in [0.2, 0.25) is 0 Å². The molecule has 1 amide bonds. The first-order valence-electron chi connectivity index (χ1n) is 9.79. The minimum atomic E-state index is -0.474. The molecule has 5 nitrogen and oxygen atoms in total. The van der Waals surface area contributed by atoms with Crippen molar-refractivity contribution in [3.8, 4) is 22.6 Å². The highest BCUT2D eigenvalue weighted by molar-refractivity contribution is 6.01. The molecule has 5 heteroatoms. The highest BCUT2D eigenvalue weighted by Crippen LogP contribution is 2.51. The molecule has 3 aromatic carbocycles. The third kappa shape index (κ3) is 3.23. The molecule has 0 spiro atoms. The molecule has 1 aliphatic heterocycles. The first kappa shape index (κ1) is 17.8. The van der Waals surface area contributed by atoms with E-state index in [4.69, 9.17) is 15.2 Å². The zero-order valence-corrected chi connectivity index (χ0v) is 16.0. The van der Waals surface area contributed by atoms with E-state index in [2.05, 4.69) is 17.4 Å². The van der Waals surface area contributed by atoms with Gasteiger partial charge in [0.05, 0.1) is 5.41 Å². The lowest BCUT2D eigenvalue weighted by Gasteiger charge is -2.16. The number of anilines is 1. The van der Waals surface area contributed by atoms with Crippen molar-refractivity contribution in [2.75, 3.05) is 12.1 Å². The van der Waals surface area contributed by atoms with Crippen LogP contribution in [-0.4, -0.2) is 12.7 Å². The second-order valence-electron chi connectivity index (χ2n) is 7.58. The summed E-state index contributed by atoms with van der Waals surface area (Å²) in [5, 5.41) is 3.08. The maximum absolute atomic E-state index is 13.0. The maximum Gasteiger partial charge on any atom is 0.235 e. The highest BCUT2D eigenvalue weighted by Gasteiger charge is 2.51. The number of nitrogens with one attached hydrogen (secondary N) is 1. The second-order valence-corrected chi connectivity index (χ2v) is 7.58. The van der Waals surface area contributed by atoms with Gasteiger partial charge in [-0.25, -0.2) is 0 Å². The van der Waals surface area contributed by atoms with Crippen LogP contribution in [0, 0.1) is 0 Å². The van der Waals surface area contributed by atoms with Gasteiger partial charge in [-0.3, -0.25) is 4.79 Å². The zero-order valence-electron chi connectivity index (χ0n) is 16.0. The average molecular weight is 386 g/mol. The van der Waals surface area contributed by atoms with Crippen LogP contribution in [0.15, 0.2) is 66.7 Å². The molecule has 0 saturated heterocycles. The van der Waals surface area contributed by atoms with Crippen LogP contribution in [0.4, 0.5) is 5.69 Å². The van der Waals surface area contributed by atoms with Crippen LogP contribution in [0.5, 0.6) is 11.5 Å². The third-order valence-corrected chi connectivity index (χ3v) is 5.78. The van der Waals surface area contributed by atoms with E-state index in [1.807, 2.05) is 54.6 Å². The Labute approximate surface area is 169 Å². The van der Waals surface area contributed by atoms with Crippen LogP contribution < -0.4 is 20.5 Å². The first-order valence-corrected chi connectivity index (χ1v) is 9.79. The molecule has 0 bridgehead atoms. The number of ether oxygens (including phenoxy) is 2. The molecule has 2 aliphatic rings. The lowest BCUT2D eigenvalue weighted by Crippen LogP contribution is -2.27. The molecule has 1 aliphatic carbocycles. The van der Waals surface area contributed by atoms with Crippen LogP contribution in [0.3, 0.4) is 0 Å². The van der Waals surface area contributed by atoms with Gasteiger partial charge in [-0.2, -0.15) is 0 Å². The molecule has 1 saturated carbocycles. The molecule has 0 radical (unpaired) electrons. The van der Waals surface area contributed by atoms with Gasteiger partial charge in [0, 0.05) is 12.2 Å². The van der Waals surface area contributed by atoms with Crippen molar-refractivity contribution in [3.63, 3.8) is 0 Å². The summed E-state index contributed by atoms with van der Waals surface area (Å²) in [5.74, 6) is 1.48. The van der Waals surface area contributed by atoms with Crippen LogP contribution in [0.1, 0.15) is 24.0 Å². The molecule has 3 aromatic rings. The molecule has 3 N–H and O–H groups in total. The van der Waals surface area contributed by atoms with E-state index >= 15 is 0 Å². The molecule has 0 atom stereocenters. The van der Waals surface area contributed by atoms with E-state index in [9.17, 15) is 4.79 Å². The SMILES string of the molecule is NCc1ccc(-c2ccc(NC(=O)C3(c4ccc5c(c4)OCO5)CC3)cc2)cc1. The molecular weight excluding hydrogens is 364 g/mol. The van der Waals surface area contributed by atoms with Gasteiger partial charge in [0.15, 0.2) is 11.5 Å². The van der Waals surface area contributed by atoms with Gasteiger partial charge in [-0.05, 0) is 59.4 Å². The Morgan fingerprint density at radius 2 is 1.55 bits per heavy atom. The average Bonchev–Trinajstić information content (AvgIpc) is 3.45. The number of fused-ring (bicyclic) bond motifs is 1. The fourth-order valence-electron chi connectivity index (χ4n) is 3.80. The van der Waals surface area contributed by atoms with Crippen molar-refractivity contribution in [1.29, 1.82) is 0 Å². The van der Waals surface area contributed by atoms with Crippen molar-refractivity contribution < 1.29 is 14.3 Å². The van der Waals surface area contributed by atoms with Gasteiger partial charge in [0.2, 0.25) is 12.7 Å². The molecule has 146 valence electrons. The number of amides is 1. The van der Waals surface area contributed by atoms with Crippen LogP contribution in [-0.2, 0) is 16.8 Å². The summed E-state index contributed by atoms with van der Waals surface area (Å²) in [7, 11) is 0. The summed E-state index contributed by atoms with van der Waals surface area (Å²) in [5.41, 5.74) is 10.3. The Morgan fingerprint density at radius 1 is 0.897 bits per heavy atom. The molecule has 29 heavy (non-hydrogen) atoms. The second kappa shape index (κ2) is 6.94. The molecule has 5 rings (SSSR count). The standard InChI is InChI=1S/C24H22N2O3/c25-14-16-1-3-17(4-2-16)18-5-8-20(9-6-18)26-23(27)24(11-12-24)19-7-10-21-22(13-19)29-15-28-21/h1-10,13H,11-12,14-15,25H2,(H,26,27). The fourth-order valence-corrected chi connectivity index (χ4v) is 3.80. The summed E-state index contributed by atoms with van der Waals surface area (Å²) >= 11 is 0. The van der Waals surface area contributed by atoms with E-state index in [0.29, 0.717) is 12.3 Å². The van der Waals surface area contributed by atoms with Gasteiger partial charge in [-0.1, -0.05) is 42.5 Å². The molecule has 1 fully saturated rings.